The Balaban J connectivity index is 2.20. The third-order valence-corrected chi connectivity index (χ3v) is 3.59. The van der Waals surface area contributed by atoms with Crippen LogP contribution >= 0.6 is 15.9 Å². The average molecular weight is 297 g/mol. The second-order valence-electron chi connectivity index (χ2n) is 5.41. The second-order valence-corrected chi connectivity index (χ2v) is 6.33. The third-order valence-electron chi connectivity index (χ3n) is 3.13. The molecule has 0 radical (unpaired) electrons. The molecule has 2 rings (SSSR count). The molecule has 1 aromatic carbocycles. The minimum atomic E-state index is 0.0728. The van der Waals surface area contributed by atoms with Crippen LogP contribution in [0.3, 0.4) is 0 Å². The zero-order valence-corrected chi connectivity index (χ0v) is 11.8. The summed E-state index contributed by atoms with van der Waals surface area (Å²) in [5.41, 5.74) is 7.25. The van der Waals surface area contributed by atoms with Crippen molar-refractivity contribution < 1.29 is 4.79 Å². The molecular weight excluding hydrogens is 280 g/mol. The molecular formula is C13H17BrN2O. The minimum absolute atomic E-state index is 0.0728. The first-order valence-electron chi connectivity index (χ1n) is 5.73. The van der Waals surface area contributed by atoms with Crippen LogP contribution in [-0.2, 0) is 0 Å². The number of amides is 1. The molecule has 0 bridgehead atoms. The number of halogens is 1. The molecule has 1 saturated heterocycles. The van der Waals surface area contributed by atoms with Crippen molar-refractivity contribution in [2.24, 2.45) is 5.41 Å². The largest absolute Gasteiger partial charge is 0.399 e. The molecule has 1 fully saturated rings. The van der Waals surface area contributed by atoms with Crippen LogP contribution in [0.2, 0.25) is 0 Å². The summed E-state index contributed by atoms with van der Waals surface area (Å²) in [6.07, 6.45) is 1.06. The quantitative estimate of drug-likeness (QED) is 0.810. The van der Waals surface area contributed by atoms with E-state index in [1.807, 2.05) is 11.0 Å². The van der Waals surface area contributed by atoms with E-state index < -0.39 is 0 Å². The Kier molecular flexibility index (Phi) is 3.17. The summed E-state index contributed by atoms with van der Waals surface area (Å²) in [4.78, 5) is 14.2. The van der Waals surface area contributed by atoms with Crippen LogP contribution in [0.15, 0.2) is 22.7 Å². The highest BCUT2D eigenvalue weighted by molar-refractivity contribution is 9.10. The number of hydrogen-bond donors (Lipinski definition) is 1. The third kappa shape index (κ3) is 2.80. The van der Waals surface area contributed by atoms with E-state index in [9.17, 15) is 4.79 Å². The predicted octanol–water partition coefficient (Wildman–Crippen LogP) is 2.90. The van der Waals surface area contributed by atoms with Gasteiger partial charge < -0.3 is 10.6 Å². The van der Waals surface area contributed by atoms with Crippen LogP contribution in [0.5, 0.6) is 0 Å². The van der Waals surface area contributed by atoms with Gasteiger partial charge in [0.1, 0.15) is 0 Å². The lowest BCUT2D eigenvalue weighted by Gasteiger charge is -2.20. The normalized spacial score (nSPS) is 18.4. The van der Waals surface area contributed by atoms with Gasteiger partial charge in [-0.05, 0) is 30.0 Å². The zero-order chi connectivity index (χ0) is 12.6. The first-order valence-corrected chi connectivity index (χ1v) is 6.52. The number of hydrogen-bond acceptors (Lipinski definition) is 2. The number of benzene rings is 1. The molecule has 0 aliphatic carbocycles. The van der Waals surface area contributed by atoms with Crippen molar-refractivity contribution in [3.63, 3.8) is 0 Å². The summed E-state index contributed by atoms with van der Waals surface area (Å²) in [5, 5.41) is 0. The Morgan fingerprint density at radius 2 is 2.12 bits per heavy atom. The Morgan fingerprint density at radius 3 is 2.65 bits per heavy atom. The van der Waals surface area contributed by atoms with E-state index in [0.717, 1.165) is 24.0 Å². The van der Waals surface area contributed by atoms with Crippen molar-refractivity contribution in [1.29, 1.82) is 0 Å². The smallest absolute Gasteiger partial charge is 0.253 e. The molecule has 2 N–H and O–H groups in total. The Morgan fingerprint density at radius 1 is 1.41 bits per heavy atom. The summed E-state index contributed by atoms with van der Waals surface area (Å²) >= 11 is 3.36. The minimum Gasteiger partial charge on any atom is -0.399 e. The van der Waals surface area contributed by atoms with Gasteiger partial charge in [-0.1, -0.05) is 29.8 Å². The molecule has 4 heteroatoms. The van der Waals surface area contributed by atoms with Gasteiger partial charge in [-0.2, -0.15) is 0 Å². The Hall–Kier alpha value is -1.03. The van der Waals surface area contributed by atoms with Gasteiger partial charge in [-0.15, -0.1) is 0 Å². The lowest BCUT2D eigenvalue weighted by molar-refractivity contribution is 0.0778. The summed E-state index contributed by atoms with van der Waals surface area (Å²) in [6.45, 7) is 6.03. The number of rotatable bonds is 1. The van der Waals surface area contributed by atoms with Crippen LogP contribution in [0.4, 0.5) is 5.69 Å². The van der Waals surface area contributed by atoms with Gasteiger partial charge in [0.25, 0.3) is 5.91 Å². The number of carbonyl (C=O) groups is 1. The van der Waals surface area contributed by atoms with E-state index in [0.29, 0.717) is 11.3 Å². The van der Waals surface area contributed by atoms with Crippen molar-refractivity contribution in [2.45, 2.75) is 20.3 Å². The highest BCUT2D eigenvalue weighted by Gasteiger charge is 2.32. The molecule has 0 saturated carbocycles. The highest BCUT2D eigenvalue weighted by Crippen LogP contribution is 2.30. The van der Waals surface area contributed by atoms with Crippen molar-refractivity contribution in [2.75, 3.05) is 18.8 Å². The number of nitrogen functional groups attached to an aromatic ring is 1. The summed E-state index contributed by atoms with van der Waals surface area (Å²) in [6, 6.07) is 5.35. The second kappa shape index (κ2) is 4.33. The molecule has 1 aliphatic heterocycles. The highest BCUT2D eigenvalue weighted by atomic mass is 79.9. The van der Waals surface area contributed by atoms with Crippen molar-refractivity contribution in [3.05, 3.63) is 28.2 Å². The molecule has 3 nitrogen and oxygen atoms in total. The van der Waals surface area contributed by atoms with Crippen LogP contribution in [-0.4, -0.2) is 23.9 Å². The first-order chi connectivity index (χ1) is 7.87. The van der Waals surface area contributed by atoms with E-state index >= 15 is 0 Å². The molecule has 0 atom stereocenters. The maximum atomic E-state index is 12.3. The van der Waals surface area contributed by atoms with E-state index in [2.05, 4.69) is 29.8 Å². The van der Waals surface area contributed by atoms with E-state index in [1.54, 1.807) is 12.1 Å². The van der Waals surface area contributed by atoms with Gasteiger partial charge in [0.15, 0.2) is 0 Å². The molecule has 1 aliphatic rings. The van der Waals surface area contributed by atoms with Gasteiger partial charge in [0.05, 0.1) is 0 Å². The molecule has 92 valence electrons. The molecule has 0 aromatic heterocycles. The SMILES string of the molecule is CC1(C)CCN(C(=O)c2cc(N)cc(Br)c2)C1. The van der Waals surface area contributed by atoms with Crippen LogP contribution in [0.25, 0.3) is 0 Å². The monoisotopic (exact) mass is 296 g/mol. The number of nitrogens with two attached hydrogens (primary N) is 1. The molecule has 0 unspecified atom stereocenters. The topological polar surface area (TPSA) is 46.3 Å². The van der Waals surface area contributed by atoms with Crippen LogP contribution < -0.4 is 5.73 Å². The van der Waals surface area contributed by atoms with Gasteiger partial charge in [-0.3, -0.25) is 4.79 Å². The number of anilines is 1. The summed E-state index contributed by atoms with van der Waals surface area (Å²) in [5.74, 6) is 0.0728. The van der Waals surface area contributed by atoms with Gasteiger partial charge in [0, 0.05) is 28.8 Å². The molecule has 0 spiro atoms. The maximum Gasteiger partial charge on any atom is 0.253 e. The Bertz CT molecular complexity index is 436. The zero-order valence-electron chi connectivity index (χ0n) is 10.2. The first kappa shape index (κ1) is 12.4. The van der Waals surface area contributed by atoms with Crippen LogP contribution in [0, 0.1) is 5.41 Å². The number of likely N-dealkylation sites (tertiary alicyclic amines) is 1. The summed E-state index contributed by atoms with van der Waals surface area (Å²) < 4.78 is 0.847. The fourth-order valence-electron chi connectivity index (χ4n) is 2.20. The molecule has 1 amide bonds. The van der Waals surface area contributed by atoms with Crippen molar-refractivity contribution in [3.8, 4) is 0 Å². The number of carbonyl (C=O) groups excluding carboxylic acids is 1. The maximum absolute atomic E-state index is 12.3. The van der Waals surface area contributed by atoms with Gasteiger partial charge in [-0.25, -0.2) is 0 Å². The average Bonchev–Trinajstić information content (AvgIpc) is 2.56. The van der Waals surface area contributed by atoms with E-state index in [4.69, 9.17) is 5.73 Å². The molecule has 17 heavy (non-hydrogen) atoms. The van der Waals surface area contributed by atoms with Crippen molar-refractivity contribution >= 4 is 27.5 Å². The standard InChI is InChI=1S/C13H17BrN2O/c1-13(2)3-4-16(8-13)12(17)9-5-10(14)7-11(15)6-9/h5-7H,3-4,8,15H2,1-2H3. The summed E-state index contributed by atoms with van der Waals surface area (Å²) in [7, 11) is 0. The lowest BCUT2D eigenvalue weighted by atomic mass is 9.93. The van der Waals surface area contributed by atoms with Crippen molar-refractivity contribution in [1.82, 2.24) is 4.90 Å². The number of nitrogens with zero attached hydrogens (tertiary/aromatic N) is 1. The molecule has 1 aromatic rings. The van der Waals surface area contributed by atoms with E-state index in [-0.39, 0.29) is 11.3 Å². The van der Waals surface area contributed by atoms with E-state index in [1.165, 1.54) is 0 Å². The lowest BCUT2D eigenvalue weighted by Crippen LogP contribution is -2.30. The molecule has 1 heterocycles. The predicted molar refractivity (Wildman–Crippen MR) is 72.9 cm³/mol. The Labute approximate surface area is 110 Å². The van der Waals surface area contributed by atoms with Gasteiger partial charge >= 0.3 is 0 Å². The fraction of sp³-hybridized carbons (Fsp3) is 0.462. The fourth-order valence-corrected chi connectivity index (χ4v) is 2.72. The van der Waals surface area contributed by atoms with Crippen LogP contribution in [0.1, 0.15) is 30.6 Å². The van der Waals surface area contributed by atoms with Gasteiger partial charge in [0.2, 0.25) is 0 Å².